The van der Waals surface area contributed by atoms with Gasteiger partial charge in [-0.25, -0.2) is 13.6 Å². The minimum Gasteiger partial charge on any atom is -0.225 e. The van der Waals surface area contributed by atoms with E-state index in [2.05, 4.69) is 0 Å². The van der Waals surface area contributed by atoms with Crippen LogP contribution in [0.15, 0.2) is 60.0 Å². The first kappa shape index (κ1) is 13.5. The van der Waals surface area contributed by atoms with Crippen molar-refractivity contribution in [1.29, 1.82) is 0 Å². The fourth-order valence-electron chi connectivity index (χ4n) is 1.87. The number of benzene rings is 2. The topological polar surface area (TPSA) is 60.2 Å². The van der Waals surface area contributed by atoms with Crippen molar-refractivity contribution in [2.24, 2.45) is 5.14 Å². The SMILES string of the molecule is C/C(=C\S(N)(=O)=O)c1ccc(-c2ccccc2)cc1. The van der Waals surface area contributed by atoms with Crippen molar-refractivity contribution in [3.05, 3.63) is 65.6 Å². The molecule has 2 N–H and O–H groups in total. The first-order valence-corrected chi connectivity index (χ1v) is 7.43. The number of sulfonamides is 1. The van der Waals surface area contributed by atoms with Crippen molar-refractivity contribution in [3.8, 4) is 11.1 Å². The highest BCUT2D eigenvalue weighted by Crippen LogP contribution is 2.22. The van der Waals surface area contributed by atoms with Crippen LogP contribution in [0.25, 0.3) is 16.7 Å². The lowest BCUT2D eigenvalue weighted by molar-refractivity contribution is 0.606. The fraction of sp³-hybridized carbons (Fsp3) is 0.0667. The molecule has 0 aromatic heterocycles. The van der Waals surface area contributed by atoms with Gasteiger partial charge < -0.3 is 0 Å². The molecule has 0 radical (unpaired) electrons. The Morgan fingerprint density at radius 2 is 1.47 bits per heavy atom. The van der Waals surface area contributed by atoms with E-state index in [-0.39, 0.29) is 0 Å². The van der Waals surface area contributed by atoms with Crippen LogP contribution in [0.5, 0.6) is 0 Å². The Balaban J connectivity index is 2.32. The van der Waals surface area contributed by atoms with Gasteiger partial charge in [0.05, 0.1) is 0 Å². The molecule has 0 unspecified atom stereocenters. The maximum atomic E-state index is 11.0. The van der Waals surface area contributed by atoms with Gasteiger partial charge in [0.1, 0.15) is 0 Å². The van der Waals surface area contributed by atoms with Gasteiger partial charge in [0, 0.05) is 5.41 Å². The third kappa shape index (κ3) is 3.77. The van der Waals surface area contributed by atoms with E-state index < -0.39 is 10.0 Å². The molecule has 0 saturated heterocycles. The van der Waals surface area contributed by atoms with Gasteiger partial charge in [-0.1, -0.05) is 54.6 Å². The standard InChI is InChI=1S/C15H15NO2S/c1-12(11-19(16,17)18)13-7-9-15(10-8-13)14-5-3-2-4-6-14/h2-11H,1H3,(H2,16,17,18)/b12-11+. The first-order chi connectivity index (χ1) is 8.96. The van der Waals surface area contributed by atoms with E-state index in [0.717, 1.165) is 22.1 Å². The second kappa shape index (κ2) is 5.38. The van der Waals surface area contributed by atoms with Gasteiger partial charge in [-0.05, 0) is 29.2 Å². The molecule has 0 fully saturated rings. The third-order valence-corrected chi connectivity index (χ3v) is 3.47. The van der Waals surface area contributed by atoms with Gasteiger partial charge in [-0.3, -0.25) is 0 Å². The Kier molecular flexibility index (Phi) is 3.83. The Morgan fingerprint density at radius 3 is 2.00 bits per heavy atom. The molecule has 0 atom stereocenters. The maximum absolute atomic E-state index is 11.0. The molecule has 0 amide bonds. The lowest BCUT2D eigenvalue weighted by Gasteiger charge is -2.04. The van der Waals surface area contributed by atoms with Crippen molar-refractivity contribution in [3.63, 3.8) is 0 Å². The molecule has 0 aliphatic carbocycles. The summed E-state index contributed by atoms with van der Waals surface area (Å²) in [6.07, 6.45) is 0. The van der Waals surface area contributed by atoms with E-state index >= 15 is 0 Å². The van der Waals surface area contributed by atoms with Gasteiger partial charge in [-0.2, -0.15) is 0 Å². The third-order valence-electron chi connectivity index (χ3n) is 2.79. The zero-order valence-electron chi connectivity index (χ0n) is 10.6. The van der Waals surface area contributed by atoms with Gasteiger partial charge in [-0.15, -0.1) is 0 Å². The minimum atomic E-state index is -3.60. The van der Waals surface area contributed by atoms with Crippen LogP contribution >= 0.6 is 0 Å². The van der Waals surface area contributed by atoms with E-state index in [9.17, 15) is 8.42 Å². The predicted octanol–water partition coefficient (Wildman–Crippen LogP) is 3.00. The van der Waals surface area contributed by atoms with Gasteiger partial charge in [0.25, 0.3) is 0 Å². The number of primary sulfonamides is 1. The molecule has 2 aromatic carbocycles. The molecule has 3 nitrogen and oxygen atoms in total. The Morgan fingerprint density at radius 1 is 0.947 bits per heavy atom. The quantitative estimate of drug-likeness (QED) is 0.934. The van der Waals surface area contributed by atoms with E-state index in [1.807, 2.05) is 54.6 Å². The molecule has 2 rings (SSSR count). The van der Waals surface area contributed by atoms with E-state index in [1.54, 1.807) is 6.92 Å². The van der Waals surface area contributed by atoms with Crippen LogP contribution < -0.4 is 5.14 Å². The highest BCUT2D eigenvalue weighted by Gasteiger charge is 2.02. The van der Waals surface area contributed by atoms with Crippen molar-refractivity contribution < 1.29 is 8.42 Å². The van der Waals surface area contributed by atoms with E-state index in [1.165, 1.54) is 0 Å². The van der Waals surface area contributed by atoms with Crippen LogP contribution in [0, 0.1) is 0 Å². The Hall–Kier alpha value is -1.91. The summed E-state index contributed by atoms with van der Waals surface area (Å²) in [6.45, 7) is 1.72. The van der Waals surface area contributed by atoms with Gasteiger partial charge >= 0.3 is 0 Å². The molecule has 0 spiro atoms. The molecule has 0 aliphatic rings. The maximum Gasteiger partial charge on any atom is 0.231 e. The average molecular weight is 273 g/mol. The monoisotopic (exact) mass is 273 g/mol. The normalized spacial score (nSPS) is 12.4. The predicted molar refractivity (Wildman–Crippen MR) is 78.6 cm³/mol. The summed E-state index contributed by atoms with van der Waals surface area (Å²) in [5.74, 6) is 0. The lowest BCUT2D eigenvalue weighted by atomic mass is 10.0. The molecular weight excluding hydrogens is 258 g/mol. The van der Waals surface area contributed by atoms with Gasteiger partial charge in [0.2, 0.25) is 10.0 Å². The van der Waals surface area contributed by atoms with Crippen molar-refractivity contribution in [2.75, 3.05) is 0 Å². The number of hydrogen-bond acceptors (Lipinski definition) is 2. The van der Waals surface area contributed by atoms with Crippen molar-refractivity contribution in [2.45, 2.75) is 6.92 Å². The smallest absolute Gasteiger partial charge is 0.225 e. The molecule has 98 valence electrons. The second-order valence-corrected chi connectivity index (χ2v) is 5.75. The van der Waals surface area contributed by atoms with Crippen LogP contribution in [0.4, 0.5) is 0 Å². The van der Waals surface area contributed by atoms with Crippen LogP contribution in [0.2, 0.25) is 0 Å². The van der Waals surface area contributed by atoms with Gasteiger partial charge in [0.15, 0.2) is 0 Å². The van der Waals surface area contributed by atoms with E-state index in [4.69, 9.17) is 5.14 Å². The Bertz CT molecular complexity index is 687. The molecule has 4 heteroatoms. The second-order valence-electron chi connectivity index (χ2n) is 4.33. The number of nitrogens with two attached hydrogens (primary N) is 1. The lowest BCUT2D eigenvalue weighted by Crippen LogP contribution is -2.07. The molecule has 0 bridgehead atoms. The van der Waals surface area contributed by atoms with Crippen LogP contribution in [0.3, 0.4) is 0 Å². The minimum absolute atomic E-state index is 0.627. The van der Waals surface area contributed by atoms with Crippen LogP contribution in [-0.4, -0.2) is 8.42 Å². The number of allylic oxidation sites excluding steroid dienone is 1. The molecule has 19 heavy (non-hydrogen) atoms. The molecule has 2 aromatic rings. The number of hydrogen-bond donors (Lipinski definition) is 1. The fourth-order valence-corrected chi connectivity index (χ4v) is 2.50. The molecule has 0 heterocycles. The van der Waals surface area contributed by atoms with Crippen molar-refractivity contribution in [1.82, 2.24) is 0 Å². The van der Waals surface area contributed by atoms with E-state index in [0.29, 0.717) is 5.57 Å². The average Bonchev–Trinajstić information content (AvgIpc) is 2.38. The Labute approximate surface area is 113 Å². The van der Waals surface area contributed by atoms with Crippen molar-refractivity contribution >= 4 is 15.6 Å². The molecule has 0 aliphatic heterocycles. The highest BCUT2D eigenvalue weighted by atomic mass is 32.2. The molecular formula is C15H15NO2S. The summed E-state index contributed by atoms with van der Waals surface area (Å²) < 4.78 is 22.0. The highest BCUT2D eigenvalue weighted by molar-refractivity contribution is 7.92. The summed E-state index contributed by atoms with van der Waals surface area (Å²) in [5, 5.41) is 6.06. The summed E-state index contributed by atoms with van der Waals surface area (Å²) >= 11 is 0. The zero-order valence-corrected chi connectivity index (χ0v) is 11.4. The molecule has 0 saturated carbocycles. The number of rotatable bonds is 3. The van der Waals surface area contributed by atoms with Crippen LogP contribution in [-0.2, 0) is 10.0 Å². The summed E-state index contributed by atoms with van der Waals surface area (Å²) in [6, 6.07) is 17.7. The summed E-state index contributed by atoms with van der Waals surface area (Å²) in [4.78, 5) is 0. The summed E-state index contributed by atoms with van der Waals surface area (Å²) in [7, 11) is -3.60. The summed E-state index contributed by atoms with van der Waals surface area (Å²) in [5.41, 5.74) is 3.69. The van der Waals surface area contributed by atoms with Crippen LogP contribution in [0.1, 0.15) is 12.5 Å². The zero-order chi connectivity index (χ0) is 13.9. The largest absolute Gasteiger partial charge is 0.231 e. The first-order valence-electron chi connectivity index (χ1n) is 5.83.